The van der Waals surface area contributed by atoms with Crippen LogP contribution in [0, 0.1) is 5.82 Å². The van der Waals surface area contributed by atoms with Gasteiger partial charge in [0.1, 0.15) is 11.6 Å². The second-order valence-electron chi connectivity index (χ2n) is 6.12. The van der Waals surface area contributed by atoms with E-state index in [1.165, 1.54) is 18.2 Å². The lowest BCUT2D eigenvalue weighted by Gasteiger charge is -2.17. The fourth-order valence-electron chi connectivity index (χ4n) is 2.90. The molecule has 1 aliphatic rings. The molecule has 1 N–H and O–H groups in total. The summed E-state index contributed by atoms with van der Waals surface area (Å²) in [5.41, 5.74) is 0.277. The molecule has 0 atom stereocenters. The molecule has 130 valence electrons. The molecule has 2 heterocycles. The number of aromatic nitrogens is 4. The SMILES string of the molecule is Fc1ccccc1C1(CNc2ccc3nnc(C(F)(F)F)n3n2)CC1. The van der Waals surface area contributed by atoms with Crippen LogP contribution in [0.2, 0.25) is 0 Å². The molecule has 0 radical (unpaired) electrons. The minimum atomic E-state index is -4.64. The van der Waals surface area contributed by atoms with Crippen LogP contribution in [0.15, 0.2) is 36.4 Å². The highest BCUT2D eigenvalue weighted by atomic mass is 19.4. The number of fused-ring (bicyclic) bond motifs is 1. The highest BCUT2D eigenvalue weighted by Crippen LogP contribution is 2.48. The van der Waals surface area contributed by atoms with Crippen molar-refractivity contribution in [2.75, 3.05) is 11.9 Å². The lowest BCUT2D eigenvalue weighted by Crippen LogP contribution is -2.22. The van der Waals surface area contributed by atoms with E-state index in [9.17, 15) is 17.6 Å². The van der Waals surface area contributed by atoms with E-state index < -0.39 is 12.0 Å². The molecule has 0 bridgehead atoms. The van der Waals surface area contributed by atoms with Crippen molar-refractivity contribution in [2.24, 2.45) is 0 Å². The predicted octanol–water partition coefficient (Wildman–Crippen LogP) is 3.43. The largest absolute Gasteiger partial charge is 0.453 e. The van der Waals surface area contributed by atoms with Crippen LogP contribution in [0.4, 0.5) is 23.4 Å². The number of halogens is 4. The van der Waals surface area contributed by atoms with Crippen molar-refractivity contribution in [3.63, 3.8) is 0 Å². The zero-order valence-corrected chi connectivity index (χ0v) is 12.9. The molecule has 1 aliphatic carbocycles. The van der Waals surface area contributed by atoms with Gasteiger partial charge in [-0.2, -0.15) is 17.7 Å². The van der Waals surface area contributed by atoms with E-state index in [0.29, 0.717) is 16.6 Å². The summed E-state index contributed by atoms with van der Waals surface area (Å²) in [6.45, 7) is 0.385. The summed E-state index contributed by atoms with van der Waals surface area (Å²) in [5.74, 6) is -1.20. The number of alkyl halides is 3. The first-order chi connectivity index (χ1) is 11.9. The summed E-state index contributed by atoms with van der Waals surface area (Å²) < 4.78 is 53.4. The zero-order valence-electron chi connectivity index (χ0n) is 12.9. The van der Waals surface area contributed by atoms with Gasteiger partial charge < -0.3 is 5.32 Å². The first-order valence-corrected chi connectivity index (χ1v) is 7.68. The van der Waals surface area contributed by atoms with Gasteiger partial charge in [-0.15, -0.1) is 15.3 Å². The lowest BCUT2D eigenvalue weighted by atomic mass is 9.95. The Labute approximate surface area is 139 Å². The Morgan fingerprint density at radius 3 is 2.52 bits per heavy atom. The second kappa shape index (κ2) is 5.40. The van der Waals surface area contributed by atoms with Crippen LogP contribution in [0.25, 0.3) is 5.65 Å². The Bertz CT molecular complexity index is 930. The standard InChI is InChI=1S/C16H13F4N5/c17-11-4-2-1-3-10(11)15(7-8-15)9-21-12-5-6-13-22-23-14(16(18,19)20)25(13)24-12/h1-6H,7-9H2,(H,21,24). The number of benzene rings is 1. The molecule has 2 aromatic heterocycles. The van der Waals surface area contributed by atoms with E-state index in [1.54, 1.807) is 18.2 Å². The molecule has 1 saturated carbocycles. The van der Waals surface area contributed by atoms with E-state index in [-0.39, 0.29) is 22.7 Å². The molecule has 4 rings (SSSR count). The minimum absolute atomic E-state index is 0.00751. The molecule has 1 aromatic carbocycles. The quantitative estimate of drug-likeness (QED) is 0.732. The number of hydrogen-bond acceptors (Lipinski definition) is 4. The summed E-state index contributed by atoms with van der Waals surface area (Å²) >= 11 is 0. The average molecular weight is 351 g/mol. The monoisotopic (exact) mass is 351 g/mol. The molecular formula is C16H13F4N5. The predicted molar refractivity (Wildman–Crippen MR) is 81.6 cm³/mol. The number of anilines is 1. The van der Waals surface area contributed by atoms with E-state index >= 15 is 0 Å². The van der Waals surface area contributed by atoms with Crippen LogP contribution in [0.3, 0.4) is 0 Å². The molecule has 0 unspecified atom stereocenters. The third-order valence-electron chi connectivity index (χ3n) is 4.42. The molecular weight excluding hydrogens is 338 g/mol. The third-order valence-corrected chi connectivity index (χ3v) is 4.42. The summed E-state index contributed by atoms with van der Waals surface area (Å²) in [4.78, 5) is 0. The van der Waals surface area contributed by atoms with Gasteiger partial charge in [-0.05, 0) is 36.6 Å². The normalized spacial score (nSPS) is 16.2. The van der Waals surface area contributed by atoms with Gasteiger partial charge in [-0.1, -0.05) is 18.2 Å². The van der Waals surface area contributed by atoms with Gasteiger partial charge in [0.15, 0.2) is 5.65 Å². The van der Waals surface area contributed by atoms with Gasteiger partial charge in [-0.25, -0.2) is 4.39 Å². The Balaban J connectivity index is 1.59. The van der Waals surface area contributed by atoms with Crippen LogP contribution < -0.4 is 5.32 Å². The van der Waals surface area contributed by atoms with E-state index in [4.69, 9.17) is 0 Å². The maximum Gasteiger partial charge on any atom is 0.453 e. The molecule has 0 spiro atoms. The van der Waals surface area contributed by atoms with Gasteiger partial charge in [0.05, 0.1) is 0 Å². The molecule has 3 aromatic rings. The summed E-state index contributed by atoms with van der Waals surface area (Å²) in [6, 6.07) is 9.48. The topological polar surface area (TPSA) is 55.1 Å². The number of hydrogen-bond donors (Lipinski definition) is 1. The van der Waals surface area contributed by atoms with E-state index in [1.807, 2.05) is 0 Å². The Morgan fingerprint density at radius 2 is 1.84 bits per heavy atom. The van der Waals surface area contributed by atoms with Crippen LogP contribution in [0.5, 0.6) is 0 Å². The first-order valence-electron chi connectivity index (χ1n) is 7.68. The van der Waals surface area contributed by atoms with Gasteiger partial charge in [-0.3, -0.25) is 0 Å². The number of rotatable bonds is 4. The summed E-state index contributed by atoms with van der Waals surface area (Å²) in [5, 5.41) is 13.5. The minimum Gasteiger partial charge on any atom is -0.368 e. The van der Waals surface area contributed by atoms with Gasteiger partial charge in [0, 0.05) is 12.0 Å². The molecule has 1 fully saturated rings. The molecule has 5 nitrogen and oxygen atoms in total. The Morgan fingerprint density at radius 1 is 1.08 bits per heavy atom. The van der Waals surface area contributed by atoms with Crippen molar-refractivity contribution in [3.8, 4) is 0 Å². The Kier molecular flexibility index (Phi) is 3.41. The van der Waals surface area contributed by atoms with Crippen molar-refractivity contribution in [1.29, 1.82) is 0 Å². The van der Waals surface area contributed by atoms with Gasteiger partial charge >= 0.3 is 6.18 Å². The van der Waals surface area contributed by atoms with E-state index in [2.05, 4.69) is 20.6 Å². The van der Waals surface area contributed by atoms with Crippen molar-refractivity contribution in [3.05, 3.63) is 53.6 Å². The smallest absolute Gasteiger partial charge is 0.368 e. The van der Waals surface area contributed by atoms with Crippen LogP contribution in [0.1, 0.15) is 24.2 Å². The van der Waals surface area contributed by atoms with Crippen molar-refractivity contribution in [2.45, 2.75) is 24.4 Å². The lowest BCUT2D eigenvalue weighted by molar-refractivity contribution is -0.146. The van der Waals surface area contributed by atoms with Crippen molar-refractivity contribution < 1.29 is 17.6 Å². The average Bonchev–Trinajstić information content (AvgIpc) is 3.22. The number of nitrogens with one attached hydrogen (secondary N) is 1. The highest BCUT2D eigenvalue weighted by molar-refractivity contribution is 5.45. The Hall–Kier alpha value is -2.71. The van der Waals surface area contributed by atoms with Crippen molar-refractivity contribution in [1.82, 2.24) is 19.8 Å². The molecule has 25 heavy (non-hydrogen) atoms. The highest BCUT2D eigenvalue weighted by Gasteiger charge is 2.45. The summed E-state index contributed by atoms with van der Waals surface area (Å²) in [7, 11) is 0. The molecule has 9 heteroatoms. The molecule has 0 aliphatic heterocycles. The van der Waals surface area contributed by atoms with Gasteiger partial charge in [0.25, 0.3) is 5.82 Å². The van der Waals surface area contributed by atoms with Gasteiger partial charge in [0.2, 0.25) is 0 Å². The zero-order chi connectivity index (χ0) is 17.7. The molecule has 0 saturated heterocycles. The first kappa shape index (κ1) is 15.8. The van der Waals surface area contributed by atoms with Crippen molar-refractivity contribution >= 4 is 11.5 Å². The van der Waals surface area contributed by atoms with E-state index in [0.717, 1.165) is 12.8 Å². The second-order valence-corrected chi connectivity index (χ2v) is 6.12. The van der Waals surface area contributed by atoms with Crippen LogP contribution >= 0.6 is 0 Å². The molecule has 0 amide bonds. The maximum absolute atomic E-state index is 14.0. The third kappa shape index (κ3) is 2.79. The number of nitrogens with zero attached hydrogens (tertiary/aromatic N) is 4. The summed E-state index contributed by atoms with van der Waals surface area (Å²) in [6.07, 6.45) is -3.02. The maximum atomic E-state index is 14.0. The fourth-order valence-corrected chi connectivity index (χ4v) is 2.90. The van der Waals surface area contributed by atoms with Crippen LogP contribution in [-0.2, 0) is 11.6 Å². The fraction of sp³-hybridized carbons (Fsp3) is 0.312. The van der Waals surface area contributed by atoms with Crippen LogP contribution in [-0.4, -0.2) is 26.4 Å².